The van der Waals surface area contributed by atoms with Gasteiger partial charge in [-0.25, -0.2) is 0 Å². The van der Waals surface area contributed by atoms with Gasteiger partial charge in [0.05, 0.1) is 6.10 Å². The molecule has 0 radical (unpaired) electrons. The van der Waals surface area contributed by atoms with Crippen LogP contribution in [-0.4, -0.2) is 11.2 Å². The molecule has 0 aromatic carbocycles. The monoisotopic (exact) mass is 114 g/mol. The summed E-state index contributed by atoms with van der Waals surface area (Å²) in [5.74, 6) is 0.558. The molecule has 0 aromatic heterocycles. The van der Waals surface area contributed by atoms with E-state index in [1.807, 2.05) is 0 Å². The smallest absolute Gasteiger partial charge is 0.0720 e. The van der Waals surface area contributed by atoms with Crippen LogP contribution in [0.3, 0.4) is 0 Å². The zero-order valence-corrected chi connectivity index (χ0v) is 5.59. The second-order valence-corrected chi connectivity index (χ2v) is 2.43. The summed E-state index contributed by atoms with van der Waals surface area (Å²) < 4.78 is 0. The van der Waals surface area contributed by atoms with Crippen LogP contribution in [0.15, 0.2) is 12.7 Å². The average molecular weight is 114 g/mol. The summed E-state index contributed by atoms with van der Waals surface area (Å²) in [6, 6.07) is 0. The summed E-state index contributed by atoms with van der Waals surface area (Å²) in [5.41, 5.74) is 0. The van der Waals surface area contributed by atoms with Crippen molar-refractivity contribution < 1.29 is 5.11 Å². The largest absolute Gasteiger partial charge is 0.389 e. The molecule has 0 fully saturated rings. The highest BCUT2D eigenvalue weighted by Gasteiger charge is 1.99. The van der Waals surface area contributed by atoms with Crippen LogP contribution in [0.25, 0.3) is 0 Å². The van der Waals surface area contributed by atoms with Crippen molar-refractivity contribution in [2.75, 3.05) is 0 Å². The van der Waals surface area contributed by atoms with Crippen molar-refractivity contribution in [3.05, 3.63) is 12.7 Å². The van der Waals surface area contributed by atoms with E-state index in [0.717, 1.165) is 6.42 Å². The molecule has 0 rings (SSSR count). The van der Waals surface area contributed by atoms with Crippen molar-refractivity contribution in [2.45, 2.75) is 26.4 Å². The molecule has 1 nitrogen and oxygen atoms in total. The Bertz CT molecular complexity index is 66.8. The Hall–Kier alpha value is -0.300. The Morgan fingerprint density at radius 3 is 2.25 bits per heavy atom. The van der Waals surface area contributed by atoms with E-state index in [-0.39, 0.29) is 6.10 Å². The maximum atomic E-state index is 8.91. The Balaban J connectivity index is 3.23. The van der Waals surface area contributed by atoms with Crippen LogP contribution in [0.4, 0.5) is 0 Å². The van der Waals surface area contributed by atoms with E-state index < -0.39 is 0 Å². The Morgan fingerprint density at radius 2 is 2.12 bits per heavy atom. The second-order valence-electron chi connectivity index (χ2n) is 2.43. The van der Waals surface area contributed by atoms with Gasteiger partial charge in [-0.3, -0.25) is 0 Å². The number of aliphatic hydroxyl groups excluding tert-OH is 1. The molecule has 1 heteroatoms. The van der Waals surface area contributed by atoms with Gasteiger partial charge >= 0.3 is 0 Å². The van der Waals surface area contributed by atoms with E-state index in [2.05, 4.69) is 20.4 Å². The van der Waals surface area contributed by atoms with Crippen LogP contribution in [-0.2, 0) is 0 Å². The normalized spacial score (nSPS) is 14.0. The molecule has 0 amide bonds. The van der Waals surface area contributed by atoms with Gasteiger partial charge in [0.15, 0.2) is 0 Å². The molecule has 0 aliphatic heterocycles. The zero-order valence-electron chi connectivity index (χ0n) is 5.59. The molecule has 0 saturated carbocycles. The molecular weight excluding hydrogens is 100 g/mol. The summed E-state index contributed by atoms with van der Waals surface area (Å²) in [7, 11) is 0. The molecule has 1 atom stereocenters. The highest BCUT2D eigenvalue weighted by Crippen LogP contribution is 2.03. The molecule has 48 valence electrons. The van der Waals surface area contributed by atoms with Gasteiger partial charge in [0, 0.05) is 0 Å². The third-order valence-corrected chi connectivity index (χ3v) is 0.985. The molecule has 0 aliphatic carbocycles. The minimum absolute atomic E-state index is 0.310. The van der Waals surface area contributed by atoms with Crippen LogP contribution in [0.1, 0.15) is 20.3 Å². The fourth-order valence-corrected chi connectivity index (χ4v) is 0.579. The van der Waals surface area contributed by atoms with Crippen LogP contribution >= 0.6 is 0 Å². The van der Waals surface area contributed by atoms with Gasteiger partial charge < -0.3 is 5.11 Å². The SMILES string of the molecule is C=C[C@H](O)CC(C)C. The first-order valence-corrected chi connectivity index (χ1v) is 2.97. The first-order chi connectivity index (χ1) is 3.66. The number of aliphatic hydroxyl groups is 1. The minimum atomic E-state index is -0.310. The van der Waals surface area contributed by atoms with Crippen LogP contribution in [0.2, 0.25) is 0 Å². The molecular formula is C7H14O. The standard InChI is InChI=1S/C7H14O/c1-4-7(8)5-6(2)3/h4,6-8H,1,5H2,2-3H3/t7-/m0/s1. The van der Waals surface area contributed by atoms with Gasteiger partial charge in [0.2, 0.25) is 0 Å². The lowest BCUT2D eigenvalue weighted by Crippen LogP contribution is -2.04. The van der Waals surface area contributed by atoms with E-state index >= 15 is 0 Å². The number of rotatable bonds is 3. The van der Waals surface area contributed by atoms with Crippen molar-refractivity contribution in [1.29, 1.82) is 0 Å². The van der Waals surface area contributed by atoms with Crippen molar-refractivity contribution in [3.63, 3.8) is 0 Å². The molecule has 0 bridgehead atoms. The van der Waals surface area contributed by atoms with E-state index in [1.165, 1.54) is 0 Å². The van der Waals surface area contributed by atoms with Crippen LogP contribution in [0, 0.1) is 5.92 Å². The highest BCUT2D eigenvalue weighted by molar-refractivity contribution is 4.78. The van der Waals surface area contributed by atoms with Gasteiger partial charge in [0.25, 0.3) is 0 Å². The quantitative estimate of drug-likeness (QED) is 0.552. The summed E-state index contributed by atoms with van der Waals surface area (Å²) >= 11 is 0. The predicted molar refractivity (Wildman–Crippen MR) is 35.7 cm³/mol. The minimum Gasteiger partial charge on any atom is -0.389 e. The molecule has 8 heavy (non-hydrogen) atoms. The summed E-state index contributed by atoms with van der Waals surface area (Å²) in [6.07, 6.45) is 2.08. The van der Waals surface area contributed by atoms with Gasteiger partial charge in [-0.15, -0.1) is 6.58 Å². The Labute approximate surface area is 51.0 Å². The maximum absolute atomic E-state index is 8.91. The summed E-state index contributed by atoms with van der Waals surface area (Å²) in [6.45, 7) is 7.62. The van der Waals surface area contributed by atoms with E-state index in [9.17, 15) is 0 Å². The zero-order chi connectivity index (χ0) is 6.57. The van der Waals surface area contributed by atoms with Crippen LogP contribution in [0.5, 0.6) is 0 Å². The summed E-state index contributed by atoms with van der Waals surface area (Å²) in [5, 5.41) is 8.91. The number of hydrogen-bond acceptors (Lipinski definition) is 1. The van der Waals surface area contributed by atoms with Crippen molar-refractivity contribution >= 4 is 0 Å². The number of hydrogen-bond donors (Lipinski definition) is 1. The molecule has 1 N–H and O–H groups in total. The molecule has 0 heterocycles. The van der Waals surface area contributed by atoms with Gasteiger partial charge in [0.1, 0.15) is 0 Å². The second kappa shape index (κ2) is 3.67. The Kier molecular flexibility index (Phi) is 3.53. The van der Waals surface area contributed by atoms with E-state index in [4.69, 9.17) is 5.11 Å². The maximum Gasteiger partial charge on any atom is 0.0720 e. The predicted octanol–water partition coefficient (Wildman–Crippen LogP) is 1.58. The van der Waals surface area contributed by atoms with Crippen LogP contribution < -0.4 is 0 Å². The van der Waals surface area contributed by atoms with Crippen molar-refractivity contribution in [1.82, 2.24) is 0 Å². The fourth-order valence-electron chi connectivity index (χ4n) is 0.579. The third-order valence-electron chi connectivity index (χ3n) is 0.985. The lowest BCUT2D eigenvalue weighted by atomic mass is 10.1. The van der Waals surface area contributed by atoms with Gasteiger partial charge in [-0.2, -0.15) is 0 Å². The van der Waals surface area contributed by atoms with Crippen molar-refractivity contribution in [2.24, 2.45) is 5.92 Å². The first kappa shape index (κ1) is 7.70. The topological polar surface area (TPSA) is 20.2 Å². The van der Waals surface area contributed by atoms with E-state index in [0.29, 0.717) is 5.92 Å². The summed E-state index contributed by atoms with van der Waals surface area (Å²) in [4.78, 5) is 0. The molecule has 0 aliphatic rings. The molecule has 0 saturated heterocycles. The molecule has 0 unspecified atom stereocenters. The highest BCUT2D eigenvalue weighted by atomic mass is 16.3. The third kappa shape index (κ3) is 3.88. The first-order valence-electron chi connectivity index (χ1n) is 2.97. The Morgan fingerprint density at radius 1 is 1.62 bits per heavy atom. The lowest BCUT2D eigenvalue weighted by molar-refractivity contribution is 0.195. The lowest BCUT2D eigenvalue weighted by Gasteiger charge is -2.06. The fraction of sp³-hybridized carbons (Fsp3) is 0.714. The van der Waals surface area contributed by atoms with Gasteiger partial charge in [-0.1, -0.05) is 19.9 Å². The average Bonchev–Trinajstić information content (AvgIpc) is 1.65. The van der Waals surface area contributed by atoms with E-state index in [1.54, 1.807) is 6.08 Å². The molecule has 0 aromatic rings. The van der Waals surface area contributed by atoms with Gasteiger partial charge in [-0.05, 0) is 12.3 Å². The van der Waals surface area contributed by atoms with Crippen molar-refractivity contribution in [3.8, 4) is 0 Å². The molecule has 0 spiro atoms.